The van der Waals surface area contributed by atoms with E-state index >= 15 is 0 Å². The maximum Gasteiger partial charge on any atom is 0.352 e. The quantitative estimate of drug-likeness (QED) is 0.714. The average Bonchev–Trinajstić information content (AvgIpc) is 3.06. The number of aliphatic hydroxyl groups is 1. The lowest BCUT2D eigenvalue weighted by Gasteiger charge is -2.26. The van der Waals surface area contributed by atoms with E-state index in [9.17, 15) is 13.2 Å². The summed E-state index contributed by atoms with van der Waals surface area (Å²) in [7, 11) is -3.78. The first-order chi connectivity index (χ1) is 9.46. The van der Waals surface area contributed by atoms with Crippen molar-refractivity contribution in [3.8, 4) is 0 Å². The van der Waals surface area contributed by atoms with Gasteiger partial charge in [0.15, 0.2) is 0 Å². The van der Waals surface area contributed by atoms with Gasteiger partial charge in [-0.25, -0.2) is 13.2 Å². The first-order valence-electron chi connectivity index (χ1n) is 6.51. The fraction of sp³-hybridized carbons (Fsp3) is 0.583. The molecule has 1 aromatic heterocycles. The van der Waals surface area contributed by atoms with Crippen LogP contribution in [-0.2, 0) is 10.0 Å². The van der Waals surface area contributed by atoms with E-state index in [1.807, 2.05) is 0 Å². The number of nitrogens with zero attached hydrogens (tertiary/aromatic N) is 1. The highest BCUT2D eigenvalue weighted by atomic mass is 32.2. The second-order valence-electron chi connectivity index (χ2n) is 4.83. The van der Waals surface area contributed by atoms with E-state index in [0.717, 1.165) is 31.7 Å². The van der Waals surface area contributed by atoms with Gasteiger partial charge in [-0.15, -0.1) is 0 Å². The number of aliphatic hydroxyl groups excluding tert-OH is 1. The Hall–Kier alpha value is -1.38. The number of carboxylic acid groups (broad SMARTS) is 1. The Morgan fingerprint density at radius 1 is 1.40 bits per heavy atom. The van der Waals surface area contributed by atoms with Crippen molar-refractivity contribution < 1.29 is 23.4 Å². The molecular weight excluding hydrogens is 284 g/mol. The summed E-state index contributed by atoms with van der Waals surface area (Å²) < 4.78 is 26.4. The topological polar surface area (TPSA) is 111 Å². The minimum atomic E-state index is -3.78. The van der Waals surface area contributed by atoms with Crippen LogP contribution in [0.25, 0.3) is 0 Å². The molecule has 1 aliphatic carbocycles. The van der Waals surface area contributed by atoms with Gasteiger partial charge < -0.3 is 15.2 Å². The van der Waals surface area contributed by atoms with Crippen molar-refractivity contribution in [1.29, 1.82) is 0 Å². The van der Waals surface area contributed by atoms with Gasteiger partial charge in [-0.1, -0.05) is 12.8 Å². The highest BCUT2D eigenvalue weighted by molar-refractivity contribution is 7.89. The summed E-state index contributed by atoms with van der Waals surface area (Å²) >= 11 is 0. The van der Waals surface area contributed by atoms with Gasteiger partial charge in [-0.2, -0.15) is 4.31 Å². The van der Waals surface area contributed by atoms with Gasteiger partial charge >= 0.3 is 5.97 Å². The summed E-state index contributed by atoms with van der Waals surface area (Å²) in [5.74, 6) is -1.21. The molecule has 8 heteroatoms. The highest BCUT2D eigenvalue weighted by Gasteiger charge is 2.33. The van der Waals surface area contributed by atoms with Gasteiger partial charge in [0.2, 0.25) is 10.0 Å². The van der Waals surface area contributed by atoms with Crippen LogP contribution in [0.15, 0.2) is 17.2 Å². The summed E-state index contributed by atoms with van der Waals surface area (Å²) in [6.45, 7) is -0.230. The molecule has 1 fully saturated rings. The maximum absolute atomic E-state index is 12.5. The van der Waals surface area contributed by atoms with Crippen LogP contribution in [0, 0.1) is 0 Å². The van der Waals surface area contributed by atoms with E-state index in [1.165, 1.54) is 10.5 Å². The summed E-state index contributed by atoms with van der Waals surface area (Å²) in [6.07, 6.45) is 4.66. The van der Waals surface area contributed by atoms with Gasteiger partial charge in [-0.3, -0.25) is 0 Å². The molecule has 1 aliphatic rings. The summed E-state index contributed by atoms with van der Waals surface area (Å²) in [5, 5.41) is 17.9. The van der Waals surface area contributed by atoms with E-state index in [1.54, 1.807) is 0 Å². The second-order valence-corrected chi connectivity index (χ2v) is 6.72. The lowest BCUT2D eigenvalue weighted by atomic mass is 10.2. The normalized spacial score (nSPS) is 16.9. The molecule has 0 saturated heterocycles. The number of aromatic amines is 1. The molecule has 1 saturated carbocycles. The number of rotatable bonds is 6. The molecule has 0 aromatic carbocycles. The van der Waals surface area contributed by atoms with Gasteiger partial charge in [0.05, 0.1) is 6.61 Å². The molecular formula is C12H18N2O5S. The van der Waals surface area contributed by atoms with Crippen LogP contribution in [0.5, 0.6) is 0 Å². The van der Waals surface area contributed by atoms with E-state index in [4.69, 9.17) is 10.2 Å². The number of hydrogen-bond donors (Lipinski definition) is 3. The standard InChI is InChI=1S/C12H18N2O5S/c15-6-5-14(9-3-1-2-4-9)20(18,19)10-7-11(12(16)17)13-8-10/h7-9,13,15H,1-6H2,(H,16,17). The summed E-state index contributed by atoms with van der Waals surface area (Å²) in [6, 6.07) is 0.993. The number of aromatic carboxylic acids is 1. The molecule has 0 spiro atoms. The zero-order valence-electron chi connectivity index (χ0n) is 10.9. The first-order valence-corrected chi connectivity index (χ1v) is 7.95. The SMILES string of the molecule is O=C(O)c1cc(S(=O)(=O)N(CCO)C2CCCC2)c[nH]1. The molecule has 0 radical (unpaired) electrons. The zero-order valence-corrected chi connectivity index (χ0v) is 11.8. The van der Waals surface area contributed by atoms with E-state index in [-0.39, 0.29) is 29.8 Å². The molecule has 3 N–H and O–H groups in total. The molecule has 7 nitrogen and oxygen atoms in total. The Bertz CT molecular complexity index is 574. The number of aromatic nitrogens is 1. The van der Waals surface area contributed by atoms with Gasteiger partial charge in [0, 0.05) is 18.8 Å². The molecule has 0 unspecified atom stereocenters. The molecule has 0 aliphatic heterocycles. The molecule has 112 valence electrons. The number of hydrogen-bond acceptors (Lipinski definition) is 4. The number of carboxylic acids is 1. The van der Waals surface area contributed by atoms with Crippen LogP contribution in [-0.4, -0.2) is 53.1 Å². The fourth-order valence-electron chi connectivity index (χ4n) is 2.57. The van der Waals surface area contributed by atoms with E-state index in [0.29, 0.717) is 0 Å². The van der Waals surface area contributed by atoms with E-state index < -0.39 is 16.0 Å². The highest BCUT2D eigenvalue weighted by Crippen LogP contribution is 2.28. The lowest BCUT2D eigenvalue weighted by molar-refractivity contribution is 0.0691. The first kappa shape index (κ1) is 15.0. The zero-order chi connectivity index (χ0) is 14.8. The Labute approximate surface area is 117 Å². The molecule has 0 atom stereocenters. The Kier molecular flexibility index (Phi) is 4.46. The summed E-state index contributed by atoms with van der Waals surface area (Å²) in [4.78, 5) is 13.2. The fourth-order valence-corrected chi connectivity index (χ4v) is 4.24. The third-order valence-electron chi connectivity index (χ3n) is 3.55. The van der Waals surface area contributed by atoms with Crippen LogP contribution in [0.4, 0.5) is 0 Å². The molecule has 0 amide bonds. The Balaban J connectivity index is 2.31. The van der Waals surface area contributed by atoms with Crippen molar-refractivity contribution in [3.63, 3.8) is 0 Å². The maximum atomic E-state index is 12.5. The molecule has 2 rings (SSSR count). The smallest absolute Gasteiger partial charge is 0.352 e. The van der Waals surface area contributed by atoms with Gasteiger partial charge in [0.25, 0.3) is 0 Å². The van der Waals surface area contributed by atoms with Crippen LogP contribution in [0.3, 0.4) is 0 Å². The van der Waals surface area contributed by atoms with Crippen molar-refractivity contribution >= 4 is 16.0 Å². The minimum Gasteiger partial charge on any atom is -0.477 e. The predicted molar refractivity (Wildman–Crippen MR) is 71.0 cm³/mol. The van der Waals surface area contributed by atoms with E-state index in [2.05, 4.69) is 4.98 Å². The van der Waals surface area contributed by atoms with Gasteiger partial charge in [-0.05, 0) is 18.9 Å². The number of sulfonamides is 1. The lowest BCUT2D eigenvalue weighted by Crippen LogP contribution is -2.40. The minimum absolute atomic E-state index is 0.0284. The third kappa shape index (κ3) is 2.87. The number of carbonyl (C=O) groups is 1. The number of nitrogens with one attached hydrogen (secondary N) is 1. The molecule has 0 bridgehead atoms. The van der Waals surface area contributed by atoms with Crippen molar-refractivity contribution in [2.24, 2.45) is 0 Å². The van der Waals surface area contributed by atoms with Crippen molar-refractivity contribution in [3.05, 3.63) is 18.0 Å². The van der Waals surface area contributed by atoms with Crippen LogP contribution >= 0.6 is 0 Å². The largest absolute Gasteiger partial charge is 0.477 e. The second kappa shape index (κ2) is 5.94. The van der Waals surface area contributed by atoms with Crippen LogP contribution < -0.4 is 0 Å². The molecule has 1 heterocycles. The predicted octanol–water partition coefficient (Wildman–Crippen LogP) is 0.638. The molecule has 20 heavy (non-hydrogen) atoms. The van der Waals surface area contributed by atoms with Crippen LogP contribution in [0.1, 0.15) is 36.2 Å². The summed E-state index contributed by atoms with van der Waals surface area (Å²) in [5.41, 5.74) is -0.168. The third-order valence-corrected chi connectivity index (χ3v) is 5.48. The van der Waals surface area contributed by atoms with Crippen molar-refractivity contribution in [1.82, 2.24) is 9.29 Å². The van der Waals surface area contributed by atoms with Crippen molar-refractivity contribution in [2.45, 2.75) is 36.6 Å². The van der Waals surface area contributed by atoms with Gasteiger partial charge in [0.1, 0.15) is 10.6 Å². The van der Waals surface area contributed by atoms with Crippen LogP contribution in [0.2, 0.25) is 0 Å². The Morgan fingerprint density at radius 2 is 2.05 bits per heavy atom. The molecule has 1 aromatic rings. The average molecular weight is 302 g/mol. The monoisotopic (exact) mass is 302 g/mol. The van der Waals surface area contributed by atoms with Crippen molar-refractivity contribution in [2.75, 3.05) is 13.2 Å². The Morgan fingerprint density at radius 3 is 2.55 bits per heavy atom. The number of H-pyrrole nitrogens is 1.